The fourth-order valence-electron chi connectivity index (χ4n) is 3.11. The van der Waals surface area contributed by atoms with Gasteiger partial charge in [0.2, 0.25) is 0 Å². The van der Waals surface area contributed by atoms with E-state index in [4.69, 9.17) is 4.42 Å². The Kier molecular flexibility index (Phi) is 5.24. The van der Waals surface area contributed by atoms with Crippen molar-refractivity contribution in [3.63, 3.8) is 0 Å². The molecule has 0 unspecified atom stereocenters. The van der Waals surface area contributed by atoms with E-state index in [1.165, 1.54) is 0 Å². The van der Waals surface area contributed by atoms with Gasteiger partial charge >= 0.3 is 0 Å². The quantitative estimate of drug-likeness (QED) is 0.888. The van der Waals surface area contributed by atoms with Crippen LogP contribution in [0.1, 0.15) is 51.5 Å². The van der Waals surface area contributed by atoms with Crippen molar-refractivity contribution < 1.29 is 18.4 Å². The van der Waals surface area contributed by atoms with Gasteiger partial charge in [0.15, 0.2) is 5.78 Å². The van der Waals surface area contributed by atoms with Gasteiger partial charge < -0.3 is 15.1 Å². The topological polar surface area (TPSA) is 71.3 Å². The number of aryl methyl sites for hydroxylation is 2. The predicted octanol–water partition coefficient (Wildman–Crippen LogP) is 1.96. The molecule has 0 bridgehead atoms. The second-order valence-electron chi connectivity index (χ2n) is 5.76. The molecule has 2 aliphatic rings. The smallest absolute Gasteiger partial charge is 0.255 e. The van der Waals surface area contributed by atoms with Crippen molar-refractivity contribution >= 4 is 24.1 Å². The summed E-state index contributed by atoms with van der Waals surface area (Å²) in [5.74, 6) is 0.769. The summed E-state index contributed by atoms with van der Waals surface area (Å²) in [4.78, 5) is 24.4. The molecule has 1 aromatic rings. The van der Waals surface area contributed by atoms with Crippen LogP contribution in [0.15, 0.2) is 4.42 Å². The van der Waals surface area contributed by atoms with Crippen molar-refractivity contribution in [2.45, 2.75) is 44.8 Å². The van der Waals surface area contributed by atoms with E-state index < -0.39 is 6.17 Å². The molecule has 1 aliphatic heterocycles. The molecule has 22 heavy (non-hydrogen) atoms. The van der Waals surface area contributed by atoms with E-state index in [0.29, 0.717) is 55.0 Å². The molecule has 122 valence electrons. The number of carbonyl (C=O) groups is 2. The van der Waals surface area contributed by atoms with Gasteiger partial charge in [-0.25, -0.2) is 4.39 Å². The number of amides is 1. The highest BCUT2D eigenvalue weighted by Gasteiger charge is 2.31. The second-order valence-corrected chi connectivity index (χ2v) is 5.76. The van der Waals surface area contributed by atoms with E-state index in [9.17, 15) is 14.0 Å². The molecule has 1 aromatic heterocycles. The Hall–Kier alpha value is -1.40. The summed E-state index contributed by atoms with van der Waals surface area (Å²) in [6.07, 6.45) is 1.48. The van der Waals surface area contributed by atoms with Crippen molar-refractivity contribution in [2.75, 3.05) is 13.1 Å². The van der Waals surface area contributed by atoms with Crippen LogP contribution in [0.2, 0.25) is 0 Å². The van der Waals surface area contributed by atoms with Crippen LogP contribution in [0, 0.1) is 6.92 Å². The van der Waals surface area contributed by atoms with E-state index in [-0.39, 0.29) is 30.1 Å². The summed E-state index contributed by atoms with van der Waals surface area (Å²) in [5.41, 5.74) is 0.795. The predicted molar refractivity (Wildman–Crippen MR) is 81.6 cm³/mol. The van der Waals surface area contributed by atoms with Crippen LogP contribution < -0.4 is 10.6 Å². The van der Waals surface area contributed by atoms with E-state index in [0.717, 1.165) is 6.42 Å². The first-order valence-corrected chi connectivity index (χ1v) is 7.37. The summed E-state index contributed by atoms with van der Waals surface area (Å²) in [6, 6.07) is -0.0531. The second kappa shape index (κ2) is 6.79. The highest BCUT2D eigenvalue weighted by molar-refractivity contribution is 6.10. The van der Waals surface area contributed by atoms with Crippen molar-refractivity contribution in [3.05, 3.63) is 22.6 Å². The number of alkyl halides is 1. The van der Waals surface area contributed by atoms with E-state index in [1.807, 2.05) is 0 Å². The van der Waals surface area contributed by atoms with Gasteiger partial charge in [0.25, 0.3) is 5.91 Å². The molecule has 2 heterocycles. The highest BCUT2D eigenvalue weighted by atomic mass is 35.5. The lowest BCUT2D eigenvalue weighted by Crippen LogP contribution is -2.37. The number of halogens is 2. The number of ketones is 1. The van der Waals surface area contributed by atoms with Gasteiger partial charge in [0.05, 0.1) is 11.1 Å². The zero-order valence-corrected chi connectivity index (χ0v) is 13.2. The molecule has 0 spiro atoms. The number of hydrogen-bond donors (Lipinski definition) is 2. The Morgan fingerprint density at radius 3 is 2.91 bits per heavy atom. The SMILES string of the molecule is Cc1oc2c(c1C(=O)NC[C@@H]1C[C@H](F)CN1)C(=O)CCC2.Cl. The summed E-state index contributed by atoms with van der Waals surface area (Å²) in [6.45, 7) is 2.39. The number of nitrogens with one attached hydrogen (secondary N) is 2. The van der Waals surface area contributed by atoms with E-state index in [2.05, 4.69) is 10.6 Å². The average Bonchev–Trinajstić information content (AvgIpc) is 3.00. The van der Waals surface area contributed by atoms with Crippen LogP contribution in [0.5, 0.6) is 0 Å². The molecule has 1 fully saturated rings. The Balaban J connectivity index is 0.00000176. The summed E-state index contributed by atoms with van der Waals surface area (Å²) in [5, 5.41) is 5.79. The maximum absolute atomic E-state index is 13.1. The molecular formula is C15H20ClFN2O3. The monoisotopic (exact) mass is 330 g/mol. The van der Waals surface area contributed by atoms with Crippen LogP contribution in [0.25, 0.3) is 0 Å². The maximum Gasteiger partial charge on any atom is 0.255 e. The number of carbonyl (C=O) groups excluding carboxylic acids is 2. The molecular weight excluding hydrogens is 311 g/mol. The molecule has 7 heteroatoms. The minimum Gasteiger partial charge on any atom is -0.465 e. The van der Waals surface area contributed by atoms with Crippen LogP contribution in [0.4, 0.5) is 4.39 Å². The normalized spacial score (nSPS) is 23.8. The lowest BCUT2D eigenvalue weighted by atomic mass is 9.93. The molecule has 2 atom stereocenters. The first kappa shape index (κ1) is 17.0. The van der Waals surface area contributed by atoms with Crippen molar-refractivity contribution in [1.29, 1.82) is 0 Å². The molecule has 0 radical (unpaired) electrons. The van der Waals surface area contributed by atoms with Crippen molar-refractivity contribution in [1.82, 2.24) is 10.6 Å². The first-order chi connectivity index (χ1) is 10.1. The molecule has 5 nitrogen and oxygen atoms in total. The Labute approximate surface area is 134 Å². The van der Waals surface area contributed by atoms with Crippen LogP contribution in [-0.2, 0) is 6.42 Å². The molecule has 1 aliphatic carbocycles. The lowest BCUT2D eigenvalue weighted by Gasteiger charge is -2.13. The largest absolute Gasteiger partial charge is 0.465 e. The highest BCUT2D eigenvalue weighted by Crippen LogP contribution is 2.29. The van der Waals surface area contributed by atoms with Gasteiger partial charge in [0, 0.05) is 32.0 Å². The number of furan rings is 1. The number of rotatable bonds is 3. The van der Waals surface area contributed by atoms with Gasteiger partial charge in [-0.3, -0.25) is 9.59 Å². The lowest BCUT2D eigenvalue weighted by molar-refractivity contribution is 0.0925. The summed E-state index contributed by atoms with van der Waals surface area (Å²) >= 11 is 0. The minimum atomic E-state index is -0.850. The van der Waals surface area contributed by atoms with Gasteiger partial charge in [-0.2, -0.15) is 0 Å². The molecule has 1 saturated heterocycles. The van der Waals surface area contributed by atoms with Gasteiger partial charge in [-0.15, -0.1) is 12.4 Å². The number of fused-ring (bicyclic) bond motifs is 1. The zero-order chi connectivity index (χ0) is 15.0. The summed E-state index contributed by atoms with van der Waals surface area (Å²) < 4.78 is 18.6. The third-order valence-electron chi connectivity index (χ3n) is 4.15. The summed E-state index contributed by atoms with van der Waals surface area (Å²) in [7, 11) is 0. The van der Waals surface area contributed by atoms with Crippen molar-refractivity contribution in [2.24, 2.45) is 0 Å². The van der Waals surface area contributed by atoms with Gasteiger partial charge in [-0.1, -0.05) is 0 Å². The van der Waals surface area contributed by atoms with Crippen LogP contribution >= 0.6 is 12.4 Å². The number of Topliss-reactive ketones (excluding diaryl/α,β-unsaturated/α-hetero) is 1. The first-order valence-electron chi connectivity index (χ1n) is 7.37. The Morgan fingerprint density at radius 2 is 2.23 bits per heavy atom. The molecule has 0 saturated carbocycles. The average molecular weight is 331 g/mol. The zero-order valence-electron chi connectivity index (χ0n) is 12.4. The minimum absolute atomic E-state index is 0. The molecule has 0 aromatic carbocycles. The third kappa shape index (κ3) is 3.17. The van der Waals surface area contributed by atoms with Gasteiger partial charge in [0.1, 0.15) is 17.7 Å². The number of hydrogen-bond acceptors (Lipinski definition) is 4. The molecule has 1 amide bonds. The fourth-order valence-corrected chi connectivity index (χ4v) is 3.11. The fraction of sp³-hybridized carbons (Fsp3) is 0.600. The van der Waals surface area contributed by atoms with Crippen LogP contribution in [-0.4, -0.2) is 37.0 Å². The van der Waals surface area contributed by atoms with Gasteiger partial charge in [-0.05, 0) is 19.8 Å². The maximum atomic E-state index is 13.1. The molecule has 3 rings (SSSR count). The van der Waals surface area contributed by atoms with E-state index in [1.54, 1.807) is 6.92 Å². The Morgan fingerprint density at radius 1 is 1.45 bits per heavy atom. The van der Waals surface area contributed by atoms with Crippen LogP contribution in [0.3, 0.4) is 0 Å². The third-order valence-corrected chi connectivity index (χ3v) is 4.15. The standard InChI is InChI=1S/C15H19FN2O3.ClH/c1-8-13(14-11(19)3-2-4-12(14)21-8)15(20)18-7-10-5-9(16)6-17-10;/h9-10,17H,2-7H2,1H3,(H,18,20);1H/t9-,10-;/m0./s1. The van der Waals surface area contributed by atoms with E-state index >= 15 is 0 Å². The van der Waals surface area contributed by atoms with Crippen molar-refractivity contribution in [3.8, 4) is 0 Å². The molecule has 2 N–H and O–H groups in total. The Bertz CT molecular complexity index is 588.